The van der Waals surface area contributed by atoms with E-state index in [1.165, 1.54) is 11.3 Å². The first-order chi connectivity index (χ1) is 14.1. The molecule has 1 aliphatic rings. The van der Waals surface area contributed by atoms with E-state index in [0.717, 1.165) is 12.8 Å². The van der Waals surface area contributed by atoms with Crippen molar-refractivity contribution in [3.63, 3.8) is 0 Å². The third kappa shape index (κ3) is 5.34. The Kier molecular flexibility index (Phi) is 5.78. The number of nitrogens with zero attached hydrogens (tertiary/aromatic N) is 1. The number of hydrogen-bond acceptors (Lipinski definition) is 5. The minimum atomic E-state index is -0.315. The quantitative estimate of drug-likeness (QED) is 0.557. The molecule has 3 aromatic rings. The Labute approximate surface area is 176 Å². The van der Waals surface area contributed by atoms with Crippen LogP contribution in [-0.4, -0.2) is 16.8 Å². The number of amides is 2. The molecule has 1 fully saturated rings. The SMILES string of the molecule is O=C(Nc1cccc(NC(=O)C2CC2)c1)c1csc(COc2ccc(Cl)cc2)n1. The number of thiazole rings is 1. The number of ether oxygens (including phenoxy) is 1. The molecular formula is C21H18ClN3O3S. The summed E-state index contributed by atoms with van der Waals surface area (Å²) in [5.41, 5.74) is 1.57. The molecule has 2 aromatic carbocycles. The molecule has 0 saturated heterocycles. The summed E-state index contributed by atoms with van der Waals surface area (Å²) in [5.74, 6) is 0.514. The first kappa shape index (κ1) is 19.4. The second kappa shape index (κ2) is 8.63. The first-order valence-corrected chi connectivity index (χ1v) is 10.4. The van der Waals surface area contributed by atoms with Gasteiger partial charge < -0.3 is 15.4 Å². The van der Waals surface area contributed by atoms with Gasteiger partial charge in [-0.25, -0.2) is 4.98 Å². The third-order valence-corrected chi connectivity index (χ3v) is 5.37. The van der Waals surface area contributed by atoms with Gasteiger partial charge >= 0.3 is 0 Å². The Morgan fingerprint density at radius 1 is 1.10 bits per heavy atom. The van der Waals surface area contributed by atoms with Crippen LogP contribution in [-0.2, 0) is 11.4 Å². The molecule has 1 aromatic heterocycles. The highest BCUT2D eigenvalue weighted by molar-refractivity contribution is 7.09. The molecule has 4 rings (SSSR count). The summed E-state index contributed by atoms with van der Waals surface area (Å²) >= 11 is 7.21. The van der Waals surface area contributed by atoms with Gasteiger partial charge in [0.15, 0.2) is 0 Å². The van der Waals surface area contributed by atoms with E-state index in [4.69, 9.17) is 16.3 Å². The van der Waals surface area contributed by atoms with Crippen LogP contribution in [0.3, 0.4) is 0 Å². The Bertz CT molecular complexity index is 1030. The van der Waals surface area contributed by atoms with Gasteiger partial charge in [0.1, 0.15) is 23.1 Å². The molecule has 0 atom stereocenters. The summed E-state index contributed by atoms with van der Waals surface area (Å²) in [6.45, 7) is 0.266. The normalized spacial score (nSPS) is 13.0. The fraction of sp³-hybridized carbons (Fsp3) is 0.190. The Hall–Kier alpha value is -2.90. The molecule has 0 aliphatic heterocycles. The number of aromatic nitrogens is 1. The van der Waals surface area contributed by atoms with Gasteiger partial charge in [-0.2, -0.15) is 0 Å². The number of carbonyl (C=O) groups is 2. The molecule has 6 nitrogen and oxygen atoms in total. The summed E-state index contributed by atoms with van der Waals surface area (Å²) in [6.07, 6.45) is 1.88. The van der Waals surface area contributed by atoms with Crippen molar-refractivity contribution < 1.29 is 14.3 Å². The Morgan fingerprint density at radius 2 is 1.83 bits per heavy atom. The fourth-order valence-corrected chi connectivity index (χ4v) is 3.43. The molecule has 2 amide bonds. The van der Waals surface area contributed by atoms with E-state index in [2.05, 4.69) is 15.6 Å². The molecule has 1 aliphatic carbocycles. The standard InChI is InChI=1S/C21H18ClN3O3S/c22-14-6-8-17(9-7-14)28-11-19-25-18(12-29-19)21(27)24-16-3-1-2-15(10-16)23-20(26)13-4-5-13/h1-3,6-10,12-13H,4-5,11H2,(H,23,26)(H,24,27). The van der Waals surface area contributed by atoms with Crippen LogP contribution in [0.2, 0.25) is 5.02 Å². The summed E-state index contributed by atoms with van der Waals surface area (Å²) in [5, 5.41) is 8.70. The topological polar surface area (TPSA) is 80.3 Å². The second-order valence-corrected chi connectivity index (χ2v) is 8.05. The molecule has 148 valence electrons. The van der Waals surface area contributed by atoms with Crippen molar-refractivity contribution >= 4 is 46.1 Å². The third-order valence-electron chi connectivity index (χ3n) is 4.30. The maximum absolute atomic E-state index is 12.5. The van der Waals surface area contributed by atoms with E-state index in [-0.39, 0.29) is 24.3 Å². The monoisotopic (exact) mass is 427 g/mol. The number of nitrogens with one attached hydrogen (secondary N) is 2. The second-order valence-electron chi connectivity index (χ2n) is 6.67. The van der Waals surface area contributed by atoms with Gasteiger partial charge in [0.05, 0.1) is 0 Å². The van der Waals surface area contributed by atoms with Gasteiger partial charge in [-0.3, -0.25) is 9.59 Å². The average Bonchev–Trinajstić information content (AvgIpc) is 3.46. The van der Waals surface area contributed by atoms with Crippen molar-refractivity contribution in [1.82, 2.24) is 4.98 Å². The number of anilines is 2. The van der Waals surface area contributed by atoms with Gasteiger partial charge in [0, 0.05) is 27.7 Å². The van der Waals surface area contributed by atoms with E-state index in [1.54, 1.807) is 53.9 Å². The minimum absolute atomic E-state index is 0.0262. The summed E-state index contributed by atoms with van der Waals surface area (Å²) in [4.78, 5) is 28.7. The van der Waals surface area contributed by atoms with E-state index in [1.807, 2.05) is 0 Å². The molecule has 2 N–H and O–H groups in total. The molecule has 0 unspecified atom stereocenters. The van der Waals surface area contributed by atoms with Crippen LogP contribution in [0.25, 0.3) is 0 Å². The van der Waals surface area contributed by atoms with Gasteiger partial charge in [-0.05, 0) is 55.3 Å². The van der Waals surface area contributed by atoms with Crippen LogP contribution < -0.4 is 15.4 Å². The van der Waals surface area contributed by atoms with Gasteiger partial charge in [0.25, 0.3) is 5.91 Å². The number of carbonyl (C=O) groups excluding carboxylic acids is 2. The molecule has 0 bridgehead atoms. The highest BCUT2D eigenvalue weighted by Gasteiger charge is 2.29. The molecule has 8 heteroatoms. The predicted molar refractivity (Wildman–Crippen MR) is 114 cm³/mol. The first-order valence-electron chi connectivity index (χ1n) is 9.12. The van der Waals surface area contributed by atoms with Crippen LogP contribution in [0, 0.1) is 5.92 Å². The van der Waals surface area contributed by atoms with Crippen molar-refractivity contribution in [2.75, 3.05) is 10.6 Å². The maximum Gasteiger partial charge on any atom is 0.275 e. The minimum Gasteiger partial charge on any atom is -0.486 e. The average molecular weight is 428 g/mol. The zero-order chi connectivity index (χ0) is 20.2. The molecule has 29 heavy (non-hydrogen) atoms. The van der Waals surface area contributed by atoms with E-state index in [9.17, 15) is 9.59 Å². The molecule has 1 heterocycles. The lowest BCUT2D eigenvalue weighted by Gasteiger charge is -2.08. The lowest BCUT2D eigenvalue weighted by molar-refractivity contribution is -0.117. The molecular weight excluding hydrogens is 410 g/mol. The van der Waals surface area contributed by atoms with Gasteiger partial charge in [-0.1, -0.05) is 17.7 Å². The van der Waals surface area contributed by atoms with Crippen molar-refractivity contribution in [1.29, 1.82) is 0 Å². The molecule has 0 radical (unpaired) electrons. The number of benzene rings is 2. The Morgan fingerprint density at radius 3 is 2.55 bits per heavy atom. The van der Waals surface area contributed by atoms with Crippen molar-refractivity contribution in [2.45, 2.75) is 19.4 Å². The van der Waals surface area contributed by atoms with E-state index >= 15 is 0 Å². The fourth-order valence-electron chi connectivity index (χ4n) is 2.62. The molecule has 1 saturated carbocycles. The van der Waals surface area contributed by atoms with Crippen molar-refractivity contribution in [2.24, 2.45) is 5.92 Å². The van der Waals surface area contributed by atoms with Crippen LogP contribution >= 0.6 is 22.9 Å². The smallest absolute Gasteiger partial charge is 0.275 e. The largest absolute Gasteiger partial charge is 0.486 e. The number of hydrogen-bond donors (Lipinski definition) is 2. The lowest BCUT2D eigenvalue weighted by atomic mass is 10.2. The zero-order valence-corrected chi connectivity index (χ0v) is 16.9. The van der Waals surface area contributed by atoms with Crippen LogP contribution in [0.4, 0.5) is 11.4 Å². The predicted octanol–water partition coefficient (Wildman–Crippen LogP) is 4.98. The summed E-state index contributed by atoms with van der Waals surface area (Å²) in [6, 6.07) is 14.1. The van der Waals surface area contributed by atoms with Crippen molar-refractivity contribution in [3.8, 4) is 5.75 Å². The van der Waals surface area contributed by atoms with Crippen LogP contribution in [0.1, 0.15) is 28.3 Å². The highest BCUT2D eigenvalue weighted by atomic mass is 35.5. The molecule has 0 spiro atoms. The number of rotatable bonds is 7. The van der Waals surface area contributed by atoms with Gasteiger partial charge in [0.2, 0.25) is 5.91 Å². The summed E-state index contributed by atoms with van der Waals surface area (Å²) in [7, 11) is 0. The van der Waals surface area contributed by atoms with Gasteiger partial charge in [-0.15, -0.1) is 11.3 Å². The van der Waals surface area contributed by atoms with E-state index in [0.29, 0.717) is 32.8 Å². The van der Waals surface area contributed by atoms with Crippen molar-refractivity contribution in [3.05, 3.63) is 69.6 Å². The van der Waals surface area contributed by atoms with E-state index < -0.39 is 0 Å². The summed E-state index contributed by atoms with van der Waals surface area (Å²) < 4.78 is 5.65. The highest BCUT2D eigenvalue weighted by Crippen LogP contribution is 2.30. The number of halogens is 1. The maximum atomic E-state index is 12.5. The lowest BCUT2D eigenvalue weighted by Crippen LogP contribution is -2.15. The zero-order valence-electron chi connectivity index (χ0n) is 15.4. The van der Waals surface area contributed by atoms with Crippen LogP contribution in [0.15, 0.2) is 53.9 Å². The Balaban J connectivity index is 1.34. The van der Waals surface area contributed by atoms with Crippen LogP contribution in [0.5, 0.6) is 5.75 Å².